The highest BCUT2D eigenvalue weighted by molar-refractivity contribution is 14.0. The molecule has 0 rings (SSSR count). The van der Waals surface area contributed by atoms with Gasteiger partial charge in [0.15, 0.2) is 34.7 Å². The van der Waals surface area contributed by atoms with Gasteiger partial charge in [-0.3, -0.25) is 0 Å². The van der Waals surface area contributed by atoms with Crippen molar-refractivity contribution in [2.45, 2.75) is 0 Å². The maximum atomic E-state index is 0. The number of hydrogen-bond donors (Lipinski definition) is 0. The van der Waals surface area contributed by atoms with Crippen LogP contribution in [-0.4, -0.2) is 34.7 Å². The molecule has 0 nitrogen and oxygen atoms in total. The Morgan fingerprint density at radius 3 is 0.750 bits per heavy atom. The van der Waals surface area contributed by atoms with Crippen molar-refractivity contribution < 1.29 is 0 Å². The van der Waals surface area contributed by atoms with Crippen LogP contribution in [0.2, 0.25) is 0 Å². The summed E-state index contributed by atoms with van der Waals surface area (Å²) in [4.78, 5) is 0. The Hall–Kier alpha value is 2.27. The Labute approximate surface area is 74.8 Å². The molecule has 0 aromatic rings. The van der Waals surface area contributed by atoms with Crippen molar-refractivity contribution >= 4 is 75.7 Å². The first kappa shape index (κ1) is 33.7. The molecule has 0 spiro atoms. The summed E-state index contributed by atoms with van der Waals surface area (Å²) in [5.74, 6) is 0. The van der Waals surface area contributed by atoms with Crippen molar-refractivity contribution in [1.29, 1.82) is 0 Å². The molecule has 4 heteroatoms. The highest BCUT2D eigenvalue weighted by atomic mass is 127. The van der Waals surface area contributed by atoms with Crippen molar-refractivity contribution in [2.75, 3.05) is 0 Å². The van der Waals surface area contributed by atoms with Gasteiger partial charge in [-0.05, 0) is 0 Å². The summed E-state index contributed by atoms with van der Waals surface area (Å²) in [5.41, 5.74) is 0. The summed E-state index contributed by atoms with van der Waals surface area (Å²) in [6, 6.07) is 0. The summed E-state index contributed by atoms with van der Waals surface area (Å²) in [6.07, 6.45) is 0. The van der Waals surface area contributed by atoms with Gasteiger partial charge < -0.3 is 0 Å². The minimum absolute atomic E-state index is 0. The number of hydrogen-bond acceptors (Lipinski definition) is 0. The summed E-state index contributed by atoms with van der Waals surface area (Å²) in [7, 11) is 0. The van der Waals surface area contributed by atoms with Crippen LogP contribution in [0.15, 0.2) is 0 Å². The third kappa shape index (κ3) is 8.86. The van der Waals surface area contributed by atoms with Crippen LogP contribution in [0.3, 0.4) is 0 Å². The van der Waals surface area contributed by atoms with Crippen molar-refractivity contribution in [3.8, 4) is 0 Å². The molecule has 0 aromatic heterocycles. The van der Waals surface area contributed by atoms with Crippen molar-refractivity contribution in [2.24, 2.45) is 0 Å². The van der Waals surface area contributed by atoms with E-state index in [0.29, 0.717) is 0 Å². The molecule has 0 unspecified atom stereocenters. The second-order valence-electron chi connectivity index (χ2n) is 0. The quantitative estimate of drug-likeness (QED) is 0.384. The van der Waals surface area contributed by atoms with Gasteiger partial charge >= 0.3 is 0 Å². The zero-order valence-corrected chi connectivity index (χ0v) is 4.86. The third-order valence-corrected chi connectivity index (χ3v) is 0. The largest absolute Gasteiger partial charge is 0.187 e. The smallest absolute Gasteiger partial charge is 0.114 e. The van der Waals surface area contributed by atoms with Gasteiger partial charge in [0.1, 0.15) is 0 Å². The first-order chi connectivity index (χ1) is 0. The van der Waals surface area contributed by atoms with E-state index in [1.54, 1.807) is 0 Å². The summed E-state index contributed by atoms with van der Waals surface area (Å²) >= 11 is 0. The highest BCUT2D eigenvalue weighted by Gasteiger charge is 0.188. The maximum Gasteiger partial charge on any atom is 0.187 e. The zero-order chi connectivity index (χ0) is 0. The number of rotatable bonds is 0. The van der Waals surface area contributed by atoms with Crippen molar-refractivity contribution in [1.82, 2.24) is 0 Å². The van der Waals surface area contributed by atoms with Crippen LogP contribution in [0.25, 0.3) is 0 Å². The van der Waals surface area contributed by atoms with Crippen LogP contribution in [0.4, 0.5) is 0 Å². The fourth-order valence-electron chi connectivity index (χ4n) is 0. The molecular weight excluding hydrogens is 261 g/mol. The van der Waals surface area contributed by atoms with E-state index in [9.17, 15) is 0 Å². The predicted octanol–water partition coefficient (Wildman–Crippen LogP) is -1.17. The monoisotopic (exact) mass is 268 g/mol. The lowest BCUT2D eigenvalue weighted by Crippen LogP contribution is -0.382. The zero-order valence-electron chi connectivity index (χ0n) is 0.816. The third-order valence-electron chi connectivity index (χ3n) is 0. The van der Waals surface area contributed by atoms with E-state index in [4.69, 9.17) is 0 Å². The summed E-state index contributed by atoms with van der Waals surface area (Å²) in [5, 5.41) is 0. The minimum atomic E-state index is 0. The van der Waals surface area contributed by atoms with E-state index in [-0.39, 0.29) is 75.7 Å². The molecule has 0 heterocycles. The van der Waals surface area contributed by atoms with Crippen molar-refractivity contribution in [3.05, 3.63) is 0 Å². The Bertz CT molecular complexity index is 6.00. The first-order valence-electron chi connectivity index (χ1n) is 0. The van der Waals surface area contributed by atoms with E-state index in [2.05, 4.69) is 0 Å². The van der Waals surface area contributed by atoms with Crippen LogP contribution >= 0.6 is 41.0 Å². The van der Waals surface area contributed by atoms with Gasteiger partial charge in [-0.2, -0.15) is 0 Å². The van der Waals surface area contributed by atoms with Crippen LogP contribution in [0.1, 0.15) is 0 Å². The Kier molecular flexibility index (Phi) is 157. The first-order valence-corrected chi connectivity index (χ1v) is 0. The molecule has 0 bridgehead atoms. The second-order valence-corrected chi connectivity index (χ2v) is 0. The van der Waals surface area contributed by atoms with E-state index in [1.165, 1.54) is 0 Å². The standard InChI is InChI=1S/2Al.BrH.HI.6H/h;;2*1H;;;;;;. The molecule has 28 valence electrons. The minimum Gasteiger partial charge on any atom is -0.114 e. The summed E-state index contributed by atoms with van der Waals surface area (Å²) < 4.78 is 0. The molecule has 0 saturated heterocycles. The molecule has 0 atom stereocenters. The average molecular weight is 269 g/mol. The molecule has 0 radical (unpaired) electrons. The average Bonchev–Trinajstić information content (AvgIpc) is 0. The van der Waals surface area contributed by atoms with E-state index >= 15 is 0 Å². The number of halogens is 2. The molecule has 0 aliphatic heterocycles. The normalized spacial score (nSPS) is 0. The lowest BCUT2D eigenvalue weighted by atomic mass is 27.0. The Balaban J connectivity index is 0. The SMILES string of the molecule is Br.I.[AlH3].[AlH3]. The molecule has 4 heavy (non-hydrogen) atoms. The molecular formula is H8Al2BrI. The van der Waals surface area contributed by atoms with Gasteiger partial charge in [0, 0.05) is 0 Å². The van der Waals surface area contributed by atoms with Gasteiger partial charge in [0.25, 0.3) is 0 Å². The molecule has 0 aromatic carbocycles. The fourth-order valence-corrected chi connectivity index (χ4v) is 0. The lowest BCUT2D eigenvalue weighted by molar-refractivity contribution is 5.75. The van der Waals surface area contributed by atoms with Crippen molar-refractivity contribution in [3.63, 3.8) is 0 Å². The fraction of sp³-hybridized carbons (Fsp3) is 0. The van der Waals surface area contributed by atoms with Gasteiger partial charge in [-0.1, -0.05) is 0 Å². The van der Waals surface area contributed by atoms with Gasteiger partial charge in [0.05, 0.1) is 0 Å². The van der Waals surface area contributed by atoms with Crippen LogP contribution in [0.5, 0.6) is 0 Å². The van der Waals surface area contributed by atoms with Crippen LogP contribution in [0, 0.1) is 0 Å². The molecule has 0 aliphatic carbocycles. The molecule has 0 aliphatic rings. The van der Waals surface area contributed by atoms with Gasteiger partial charge in [0.2, 0.25) is 0 Å². The second kappa shape index (κ2) is 18.6. The Morgan fingerprint density at radius 2 is 0.750 bits per heavy atom. The maximum absolute atomic E-state index is 0. The highest BCUT2D eigenvalue weighted by Crippen LogP contribution is 0.886. The molecule has 0 saturated carbocycles. The molecule has 0 N–H and O–H groups in total. The predicted molar refractivity (Wildman–Crippen MR) is 45.6 cm³/mol. The van der Waals surface area contributed by atoms with E-state index < -0.39 is 0 Å². The molecule has 0 fully saturated rings. The van der Waals surface area contributed by atoms with Crippen LogP contribution in [-0.2, 0) is 0 Å². The van der Waals surface area contributed by atoms with Crippen LogP contribution < -0.4 is 0 Å². The molecule has 0 amide bonds. The topological polar surface area (TPSA) is 0 Å². The lowest BCUT2D eigenvalue weighted by Gasteiger charge is -0.114. The van der Waals surface area contributed by atoms with Gasteiger partial charge in [-0.15, -0.1) is 41.0 Å². The summed E-state index contributed by atoms with van der Waals surface area (Å²) in [6.45, 7) is 0. The van der Waals surface area contributed by atoms with E-state index in [1.807, 2.05) is 0 Å². The van der Waals surface area contributed by atoms with Gasteiger partial charge in [-0.25, -0.2) is 0 Å². The Morgan fingerprint density at radius 1 is 0.750 bits per heavy atom. The van der Waals surface area contributed by atoms with E-state index in [0.717, 1.165) is 0 Å².